The molecular formula is C26H29F2N5O4. The van der Waals surface area contributed by atoms with Crippen LogP contribution in [0.15, 0.2) is 54.7 Å². The number of rotatable bonds is 7. The molecule has 3 N–H and O–H groups in total. The summed E-state index contributed by atoms with van der Waals surface area (Å²) in [7, 11) is 0. The summed E-state index contributed by atoms with van der Waals surface area (Å²) < 4.78 is 29.2. The largest absolute Gasteiger partial charge is 0.370 e. The molecule has 0 radical (unpaired) electrons. The van der Waals surface area contributed by atoms with Crippen molar-refractivity contribution in [1.82, 2.24) is 25.4 Å². The number of benzene rings is 1. The van der Waals surface area contributed by atoms with E-state index in [9.17, 15) is 28.3 Å². The van der Waals surface area contributed by atoms with Crippen LogP contribution in [0.3, 0.4) is 0 Å². The molecule has 1 saturated heterocycles. The zero-order chi connectivity index (χ0) is 26.7. The van der Waals surface area contributed by atoms with Gasteiger partial charge in [-0.25, -0.2) is 14.2 Å². The predicted octanol–water partition coefficient (Wildman–Crippen LogP) is 2.35. The number of hydrogen-bond donors (Lipinski definition) is 3. The monoisotopic (exact) mass is 513 g/mol. The quantitative estimate of drug-likeness (QED) is 0.492. The van der Waals surface area contributed by atoms with Gasteiger partial charge in [-0.1, -0.05) is 50.2 Å². The third-order valence-electron chi connectivity index (χ3n) is 6.40. The minimum Gasteiger partial charge on any atom is -0.370 e. The smallest absolute Gasteiger partial charge is 0.324 e. The van der Waals surface area contributed by atoms with Crippen molar-refractivity contribution >= 4 is 17.8 Å². The normalized spacial score (nSPS) is 22.2. The Kier molecular flexibility index (Phi) is 7.82. The SMILES string of the molecule is CC(C)c1ccc([C@@H](NC(=O)[C@@H]2C[C@@H](F)CN2C(=O)CN2C=CC(O)NC2=O)c2ccccc2)nc1F. The highest BCUT2D eigenvalue weighted by Crippen LogP contribution is 2.27. The molecule has 2 aliphatic rings. The van der Waals surface area contributed by atoms with Gasteiger partial charge in [-0.15, -0.1) is 0 Å². The van der Waals surface area contributed by atoms with Crippen molar-refractivity contribution in [2.45, 2.75) is 50.7 Å². The van der Waals surface area contributed by atoms with Crippen LogP contribution in [-0.4, -0.2) is 69.3 Å². The topological polar surface area (TPSA) is 115 Å². The fourth-order valence-electron chi connectivity index (χ4n) is 4.44. The molecule has 2 aliphatic heterocycles. The van der Waals surface area contributed by atoms with Gasteiger partial charge in [0.25, 0.3) is 0 Å². The zero-order valence-electron chi connectivity index (χ0n) is 20.5. The highest BCUT2D eigenvalue weighted by molar-refractivity contribution is 5.91. The van der Waals surface area contributed by atoms with Crippen LogP contribution < -0.4 is 10.6 Å². The molecule has 1 aromatic carbocycles. The van der Waals surface area contributed by atoms with Crippen molar-refractivity contribution in [1.29, 1.82) is 0 Å². The second kappa shape index (κ2) is 11.0. The van der Waals surface area contributed by atoms with E-state index in [1.807, 2.05) is 13.8 Å². The Morgan fingerprint density at radius 2 is 1.95 bits per heavy atom. The summed E-state index contributed by atoms with van der Waals surface area (Å²) in [6.45, 7) is 2.96. The predicted molar refractivity (Wildman–Crippen MR) is 130 cm³/mol. The molecule has 4 rings (SSSR count). The number of aliphatic hydroxyl groups excluding tert-OH is 1. The molecular weight excluding hydrogens is 484 g/mol. The van der Waals surface area contributed by atoms with Crippen LogP contribution in [0.25, 0.3) is 0 Å². The van der Waals surface area contributed by atoms with E-state index in [1.54, 1.807) is 42.5 Å². The van der Waals surface area contributed by atoms with Gasteiger partial charge in [0.15, 0.2) is 0 Å². The number of nitrogens with zero attached hydrogens (tertiary/aromatic N) is 3. The number of aromatic nitrogens is 1. The van der Waals surface area contributed by atoms with Crippen LogP contribution in [0.4, 0.5) is 13.6 Å². The molecule has 11 heteroatoms. The van der Waals surface area contributed by atoms with Crippen molar-refractivity contribution in [2.24, 2.45) is 0 Å². The Hall–Kier alpha value is -3.86. The average Bonchev–Trinajstić information content (AvgIpc) is 3.26. The number of amides is 4. The van der Waals surface area contributed by atoms with Gasteiger partial charge in [0, 0.05) is 18.2 Å². The maximum absolute atomic E-state index is 14.7. The number of alkyl halides is 1. The number of hydrogen-bond acceptors (Lipinski definition) is 5. The van der Waals surface area contributed by atoms with Crippen molar-refractivity contribution in [3.8, 4) is 0 Å². The van der Waals surface area contributed by atoms with Crippen LogP contribution in [-0.2, 0) is 9.59 Å². The molecule has 4 atom stereocenters. The first-order chi connectivity index (χ1) is 17.6. The lowest BCUT2D eigenvalue weighted by molar-refractivity contribution is -0.138. The van der Waals surface area contributed by atoms with Crippen molar-refractivity contribution in [3.05, 3.63) is 77.5 Å². The van der Waals surface area contributed by atoms with Gasteiger partial charge in [0.2, 0.25) is 17.8 Å². The Balaban J connectivity index is 1.56. The summed E-state index contributed by atoms with van der Waals surface area (Å²) in [5.74, 6) is -1.96. The number of halogens is 2. The van der Waals surface area contributed by atoms with Crippen LogP contribution in [0, 0.1) is 5.95 Å². The molecule has 2 aromatic rings. The first-order valence-electron chi connectivity index (χ1n) is 12.0. The molecule has 4 amide bonds. The number of urea groups is 1. The third-order valence-corrected chi connectivity index (χ3v) is 6.40. The molecule has 3 heterocycles. The van der Waals surface area contributed by atoms with E-state index in [1.165, 1.54) is 12.3 Å². The van der Waals surface area contributed by atoms with E-state index < -0.39 is 54.8 Å². The van der Waals surface area contributed by atoms with Crippen LogP contribution >= 0.6 is 0 Å². The van der Waals surface area contributed by atoms with E-state index >= 15 is 0 Å². The maximum atomic E-state index is 14.7. The van der Waals surface area contributed by atoms with Crippen molar-refractivity contribution in [3.63, 3.8) is 0 Å². The Morgan fingerprint density at radius 1 is 1.22 bits per heavy atom. The third kappa shape index (κ3) is 5.93. The van der Waals surface area contributed by atoms with E-state index in [0.717, 1.165) is 9.80 Å². The Bertz CT molecular complexity index is 1190. The number of aliphatic hydroxyl groups is 1. The van der Waals surface area contributed by atoms with Gasteiger partial charge >= 0.3 is 6.03 Å². The summed E-state index contributed by atoms with van der Waals surface area (Å²) in [6, 6.07) is 9.46. The highest BCUT2D eigenvalue weighted by Gasteiger charge is 2.41. The van der Waals surface area contributed by atoms with E-state index in [2.05, 4.69) is 15.6 Å². The molecule has 37 heavy (non-hydrogen) atoms. The van der Waals surface area contributed by atoms with Gasteiger partial charge in [0.05, 0.1) is 18.3 Å². The zero-order valence-corrected chi connectivity index (χ0v) is 20.5. The van der Waals surface area contributed by atoms with Gasteiger partial charge in [-0.05, 0) is 23.6 Å². The second-order valence-electron chi connectivity index (χ2n) is 9.38. The lowest BCUT2D eigenvalue weighted by Crippen LogP contribution is -2.52. The molecule has 0 spiro atoms. The van der Waals surface area contributed by atoms with Gasteiger partial charge in [0.1, 0.15) is 25.0 Å². The summed E-state index contributed by atoms with van der Waals surface area (Å²) in [4.78, 5) is 44.6. The van der Waals surface area contributed by atoms with E-state index in [4.69, 9.17) is 0 Å². The maximum Gasteiger partial charge on any atom is 0.324 e. The fourth-order valence-corrected chi connectivity index (χ4v) is 4.44. The van der Waals surface area contributed by atoms with Crippen molar-refractivity contribution < 1.29 is 28.3 Å². The molecule has 0 aliphatic carbocycles. The van der Waals surface area contributed by atoms with Gasteiger partial charge in [-0.3, -0.25) is 14.5 Å². The number of pyridine rings is 1. The minimum absolute atomic E-state index is 0.0778. The molecule has 0 saturated carbocycles. The van der Waals surface area contributed by atoms with Crippen LogP contribution in [0.1, 0.15) is 49.0 Å². The lowest BCUT2D eigenvalue weighted by atomic mass is 9.99. The molecule has 0 bridgehead atoms. The first kappa shape index (κ1) is 26.2. The fraction of sp³-hybridized carbons (Fsp3) is 0.385. The first-order valence-corrected chi connectivity index (χ1v) is 12.0. The van der Waals surface area contributed by atoms with Crippen LogP contribution in [0.5, 0.6) is 0 Å². The number of carbonyl (C=O) groups is 3. The number of likely N-dealkylation sites (tertiary alicyclic amines) is 1. The second-order valence-corrected chi connectivity index (χ2v) is 9.38. The number of carbonyl (C=O) groups excluding carboxylic acids is 3. The standard InChI is InChI=1S/C26H29F2N5O4/c1-15(2)18-8-9-19(29-24(18)28)23(16-6-4-3-5-7-16)31-25(36)20-12-17(27)13-33(20)22(35)14-32-11-10-21(34)30-26(32)37/h3-11,15,17,20-21,23,34H,12-14H2,1-2H3,(H,30,37)(H,31,36)/t17-,20+,21?,23+/m1/s1. The van der Waals surface area contributed by atoms with Crippen LogP contribution in [0.2, 0.25) is 0 Å². The molecule has 9 nitrogen and oxygen atoms in total. The molecule has 196 valence electrons. The average molecular weight is 514 g/mol. The Labute approximate surface area is 213 Å². The number of nitrogens with one attached hydrogen (secondary N) is 2. The summed E-state index contributed by atoms with van der Waals surface area (Å²) in [5.41, 5.74) is 1.35. The lowest BCUT2D eigenvalue weighted by Gasteiger charge is -2.29. The minimum atomic E-state index is -1.43. The summed E-state index contributed by atoms with van der Waals surface area (Å²) in [6.07, 6.45) is -0.271. The van der Waals surface area contributed by atoms with E-state index in [0.29, 0.717) is 11.1 Å². The molecule has 1 fully saturated rings. The Morgan fingerprint density at radius 3 is 2.59 bits per heavy atom. The van der Waals surface area contributed by atoms with E-state index in [-0.39, 0.29) is 24.6 Å². The van der Waals surface area contributed by atoms with Crippen molar-refractivity contribution in [2.75, 3.05) is 13.1 Å². The molecule has 1 unspecified atom stereocenters. The summed E-state index contributed by atoms with van der Waals surface area (Å²) in [5, 5.41) is 14.5. The summed E-state index contributed by atoms with van der Waals surface area (Å²) >= 11 is 0. The molecule has 1 aromatic heterocycles. The van der Waals surface area contributed by atoms with Gasteiger partial charge in [-0.2, -0.15) is 4.39 Å². The highest BCUT2D eigenvalue weighted by atomic mass is 19.1. The van der Waals surface area contributed by atoms with Gasteiger partial charge < -0.3 is 20.6 Å².